The van der Waals surface area contributed by atoms with Gasteiger partial charge in [-0.3, -0.25) is 0 Å². The minimum atomic E-state index is -3.07. The Labute approximate surface area is 137 Å². The number of rotatable bonds is 8. The zero-order valence-electron chi connectivity index (χ0n) is 13.0. The highest BCUT2D eigenvalue weighted by atomic mass is 19.3. The number of alkyl halides is 2. The summed E-state index contributed by atoms with van der Waals surface area (Å²) in [5.74, 6) is -1.22. The number of nitriles is 1. The number of halogens is 2. The van der Waals surface area contributed by atoms with Crippen LogP contribution in [0.3, 0.4) is 0 Å². The predicted octanol–water partition coefficient (Wildman–Crippen LogP) is 2.94. The van der Waals surface area contributed by atoms with E-state index in [9.17, 15) is 13.6 Å². The Hall–Kier alpha value is -3.08. The minimum Gasteiger partial charge on any atom is -0.493 e. The first-order valence-electron chi connectivity index (χ1n) is 6.57. The van der Waals surface area contributed by atoms with Crippen molar-refractivity contribution in [3.63, 3.8) is 0 Å². The van der Waals surface area contributed by atoms with Gasteiger partial charge < -0.3 is 18.9 Å². The maximum Gasteiger partial charge on any atom is 0.387 e. The smallest absolute Gasteiger partial charge is 0.387 e. The summed E-state index contributed by atoms with van der Waals surface area (Å²) < 4.78 is 44.1. The van der Waals surface area contributed by atoms with Gasteiger partial charge in [-0.05, 0) is 23.8 Å². The van der Waals surface area contributed by atoms with Crippen LogP contribution in [-0.2, 0) is 9.53 Å². The third kappa shape index (κ3) is 4.98. The van der Waals surface area contributed by atoms with Crippen molar-refractivity contribution in [1.29, 1.82) is 5.26 Å². The molecule has 0 amide bonds. The number of esters is 1. The molecule has 0 atom stereocenters. The van der Waals surface area contributed by atoms with Gasteiger partial charge in [-0.15, -0.1) is 0 Å². The number of hydrogen-bond acceptors (Lipinski definition) is 6. The second-order valence-corrected chi connectivity index (χ2v) is 4.19. The van der Waals surface area contributed by atoms with E-state index in [-0.39, 0.29) is 29.4 Å². The summed E-state index contributed by atoms with van der Waals surface area (Å²) in [7, 11) is 2.51. The summed E-state index contributed by atoms with van der Waals surface area (Å²) in [4.78, 5) is 11.7. The standard InChI is InChI=1S/C16H15F2NO5/c1-4-5-23-15(20)11(9-19)6-10-7-12(21-2)14(24-16(17)18)13(8-10)22-3/h4,6-8,16H,1,5H2,2-3H3/b11-6+. The lowest BCUT2D eigenvalue weighted by molar-refractivity contribution is -0.137. The van der Waals surface area contributed by atoms with Gasteiger partial charge in [0, 0.05) is 0 Å². The molecule has 0 radical (unpaired) electrons. The summed E-state index contributed by atoms with van der Waals surface area (Å²) in [5.41, 5.74) is 0.0147. The molecule has 1 aromatic carbocycles. The Morgan fingerprint density at radius 1 is 1.33 bits per heavy atom. The van der Waals surface area contributed by atoms with Crippen LogP contribution in [0.25, 0.3) is 6.08 Å². The quantitative estimate of drug-likeness (QED) is 0.314. The van der Waals surface area contributed by atoms with Crippen LogP contribution in [0.2, 0.25) is 0 Å². The molecule has 0 aromatic heterocycles. The third-order valence-corrected chi connectivity index (χ3v) is 2.67. The molecule has 0 saturated carbocycles. The second kappa shape index (κ2) is 9.15. The fraction of sp³-hybridized carbons (Fsp3) is 0.250. The molecule has 0 aliphatic heterocycles. The van der Waals surface area contributed by atoms with Gasteiger partial charge in [0.05, 0.1) is 14.2 Å². The van der Waals surface area contributed by atoms with E-state index < -0.39 is 12.6 Å². The van der Waals surface area contributed by atoms with Gasteiger partial charge in [0.25, 0.3) is 0 Å². The second-order valence-electron chi connectivity index (χ2n) is 4.19. The molecule has 0 bridgehead atoms. The Morgan fingerprint density at radius 2 is 1.92 bits per heavy atom. The van der Waals surface area contributed by atoms with E-state index in [1.165, 1.54) is 38.5 Å². The Morgan fingerprint density at radius 3 is 2.33 bits per heavy atom. The lowest BCUT2D eigenvalue weighted by atomic mass is 10.1. The van der Waals surface area contributed by atoms with Gasteiger partial charge in [0.15, 0.2) is 11.5 Å². The van der Waals surface area contributed by atoms with Crippen LogP contribution < -0.4 is 14.2 Å². The van der Waals surface area contributed by atoms with Crippen LogP contribution in [0.1, 0.15) is 5.56 Å². The summed E-state index contributed by atoms with van der Waals surface area (Å²) in [5, 5.41) is 9.05. The van der Waals surface area contributed by atoms with E-state index in [0.717, 1.165) is 0 Å². The van der Waals surface area contributed by atoms with Gasteiger partial charge in [-0.2, -0.15) is 14.0 Å². The Bertz CT molecular complexity index is 655. The number of benzene rings is 1. The van der Waals surface area contributed by atoms with Crippen molar-refractivity contribution in [3.05, 3.63) is 35.9 Å². The van der Waals surface area contributed by atoms with E-state index in [1.54, 1.807) is 6.07 Å². The highest BCUT2D eigenvalue weighted by Crippen LogP contribution is 2.40. The molecule has 0 aliphatic rings. The van der Waals surface area contributed by atoms with Crippen molar-refractivity contribution in [2.45, 2.75) is 6.61 Å². The van der Waals surface area contributed by atoms with Crippen LogP contribution in [0.15, 0.2) is 30.4 Å². The highest BCUT2D eigenvalue weighted by molar-refractivity contribution is 5.98. The summed E-state index contributed by atoms with van der Waals surface area (Å²) in [6.07, 6.45) is 2.57. The van der Waals surface area contributed by atoms with Gasteiger partial charge in [-0.1, -0.05) is 12.7 Å². The maximum atomic E-state index is 12.5. The number of carbonyl (C=O) groups excluding carboxylic acids is 1. The largest absolute Gasteiger partial charge is 0.493 e. The van der Waals surface area contributed by atoms with E-state index in [1.807, 2.05) is 0 Å². The van der Waals surface area contributed by atoms with Crippen molar-refractivity contribution in [1.82, 2.24) is 0 Å². The zero-order valence-corrected chi connectivity index (χ0v) is 13.0. The molecule has 24 heavy (non-hydrogen) atoms. The van der Waals surface area contributed by atoms with Gasteiger partial charge in [0.1, 0.15) is 18.2 Å². The van der Waals surface area contributed by atoms with Crippen LogP contribution in [0.5, 0.6) is 17.2 Å². The van der Waals surface area contributed by atoms with E-state index in [0.29, 0.717) is 5.56 Å². The highest BCUT2D eigenvalue weighted by Gasteiger charge is 2.18. The van der Waals surface area contributed by atoms with Crippen molar-refractivity contribution >= 4 is 12.0 Å². The molecule has 8 heteroatoms. The number of ether oxygens (including phenoxy) is 4. The lowest BCUT2D eigenvalue weighted by Crippen LogP contribution is -2.07. The molecule has 0 aliphatic carbocycles. The molecule has 6 nitrogen and oxygen atoms in total. The normalized spacial score (nSPS) is 10.8. The minimum absolute atomic E-state index is 0.0438. The molecule has 0 spiro atoms. The van der Waals surface area contributed by atoms with Gasteiger partial charge >= 0.3 is 12.6 Å². The molecular formula is C16H15F2NO5. The van der Waals surface area contributed by atoms with Crippen molar-refractivity contribution in [2.24, 2.45) is 0 Å². The summed E-state index contributed by atoms with van der Waals surface area (Å²) >= 11 is 0. The average molecular weight is 339 g/mol. The molecule has 0 N–H and O–H groups in total. The molecule has 1 rings (SSSR count). The molecule has 0 fully saturated rings. The maximum absolute atomic E-state index is 12.5. The van der Waals surface area contributed by atoms with Crippen molar-refractivity contribution in [2.75, 3.05) is 20.8 Å². The van der Waals surface area contributed by atoms with E-state index in [2.05, 4.69) is 11.3 Å². The summed E-state index contributed by atoms with van der Waals surface area (Å²) in [6.45, 7) is 0.271. The first-order valence-corrected chi connectivity index (χ1v) is 6.57. The topological polar surface area (TPSA) is 77.8 Å². The first kappa shape index (κ1) is 19.0. The van der Waals surface area contributed by atoms with Crippen LogP contribution in [0, 0.1) is 11.3 Å². The lowest BCUT2D eigenvalue weighted by Gasteiger charge is -2.14. The molecule has 128 valence electrons. The Balaban J connectivity index is 3.29. The Kier molecular flexibility index (Phi) is 7.23. The van der Waals surface area contributed by atoms with Gasteiger partial charge in [0.2, 0.25) is 5.75 Å². The molecule has 0 unspecified atom stereocenters. The number of methoxy groups -OCH3 is 2. The monoisotopic (exact) mass is 339 g/mol. The molecule has 0 heterocycles. The summed E-state index contributed by atoms with van der Waals surface area (Å²) in [6, 6.07) is 4.34. The van der Waals surface area contributed by atoms with Crippen molar-refractivity contribution < 1.29 is 32.5 Å². The van der Waals surface area contributed by atoms with Crippen molar-refractivity contribution in [3.8, 4) is 23.3 Å². The molecule has 0 saturated heterocycles. The molecular weight excluding hydrogens is 324 g/mol. The van der Waals surface area contributed by atoms with E-state index in [4.69, 9.17) is 19.5 Å². The van der Waals surface area contributed by atoms with Crippen LogP contribution in [-0.4, -0.2) is 33.4 Å². The number of nitrogens with zero attached hydrogens (tertiary/aromatic N) is 1. The third-order valence-electron chi connectivity index (χ3n) is 2.67. The predicted molar refractivity (Wildman–Crippen MR) is 80.9 cm³/mol. The zero-order chi connectivity index (χ0) is 18.1. The fourth-order valence-electron chi connectivity index (χ4n) is 1.70. The number of hydrogen-bond donors (Lipinski definition) is 0. The van der Waals surface area contributed by atoms with Crippen LogP contribution >= 0.6 is 0 Å². The number of carbonyl (C=O) groups is 1. The van der Waals surface area contributed by atoms with E-state index >= 15 is 0 Å². The molecule has 1 aromatic rings. The van der Waals surface area contributed by atoms with Crippen LogP contribution in [0.4, 0.5) is 8.78 Å². The van der Waals surface area contributed by atoms with Gasteiger partial charge in [-0.25, -0.2) is 4.79 Å². The SMILES string of the molecule is C=CCOC(=O)/C(C#N)=C/c1cc(OC)c(OC(F)F)c(OC)c1. The fourth-order valence-corrected chi connectivity index (χ4v) is 1.70. The average Bonchev–Trinajstić information content (AvgIpc) is 2.57. The first-order chi connectivity index (χ1) is 11.5.